The number of anilines is 2. The standard InChI is InChI=1S/C25H28N6/c1-16-20-6-17-7-21(16)10-25(8-17,9-20)15-30-23-22(12-27)14-29-24(31-23)28-13-19-5-3-2-4-18(19)11-26/h2-5,14,16-17,20-21H,6-10,13,15H2,1H3,(H2,28,29,30,31)/t16?,17?,20-,21+,25?. The Hall–Kier alpha value is -3.12. The van der Waals surface area contributed by atoms with E-state index in [0.29, 0.717) is 34.9 Å². The van der Waals surface area contributed by atoms with Crippen LogP contribution in [0.3, 0.4) is 0 Å². The second kappa shape index (κ2) is 7.85. The van der Waals surface area contributed by atoms with Gasteiger partial charge < -0.3 is 10.6 Å². The van der Waals surface area contributed by atoms with Crippen molar-refractivity contribution in [1.29, 1.82) is 10.5 Å². The van der Waals surface area contributed by atoms with Crippen molar-refractivity contribution in [1.82, 2.24) is 9.97 Å². The Kier molecular flexibility index (Phi) is 5.02. The first-order valence-corrected chi connectivity index (χ1v) is 11.3. The molecule has 0 spiro atoms. The molecule has 6 nitrogen and oxygen atoms in total. The van der Waals surface area contributed by atoms with Gasteiger partial charge in [-0.25, -0.2) is 4.98 Å². The summed E-state index contributed by atoms with van der Waals surface area (Å²) < 4.78 is 0. The second-order valence-electron chi connectivity index (χ2n) is 9.87. The highest BCUT2D eigenvalue weighted by Crippen LogP contribution is 2.62. The second-order valence-corrected chi connectivity index (χ2v) is 9.87. The maximum Gasteiger partial charge on any atom is 0.224 e. The lowest BCUT2D eigenvalue weighted by Gasteiger charge is -2.59. The van der Waals surface area contributed by atoms with Gasteiger partial charge in [0.2, 0.25) is 5.95 Å². The summed E-state index contributed by atoms with van der Waals surface area (Å²) in [6, 6.07) is 11.9. The molecule has 158 valence electrons. The lowest BCUT2D eigenvalue weighted by molar-refractivity contribution is -0.0822. The smallest absolute Gasteiger partial charge is 0.224 e. The molecule has 0 saturated heterocycles. The van der Waals surface area contributed by atoms with Gasteiger partial charge in [-0.1, -0.05) is 25.1 Å². The van der Waals surface area contributed by atoms with Crippen molar-refractivity contribution >= 4 is 11.8 Å². The third kappa shape index (κ3) is 3.72. The van der Waals surface area contributed by atoms with Crippen LogP contribution in [0, 0.1) is 51.7 Å². The molecule has 4 saturated carbocycles. The molecule has 1 aromatic heterocycles. The number of nitrogens with one attached hydrogen (secondary N) is 2. The van der Waals surface area contributed by atoms with Gasteiger partial charge >= 0.3 is 0 Å². The van der Waals surface area contributed by atoms with Gasteiger partial charge in [-0.3, -0.25) is 0 Å². The van der Waals surface area contributed by atoms with Gasteiger partial charge in [0, 0.05) is 13.1 Å². The minimum atomic E-state index is 0.347. The molecular formula is C25H28N6. The molecule has 4 fully saturated rings. The van der Waals surface area contributed by atoms with Crippen LogP contribution >= 0.6 is 0 Å². The maximum absolute atomic E-state index is 9.55. The Morgan fingerprint density at radius 2 is 1.77 bits per heavy atom. The largest absolute Gasteiger partial charge is 0.368 e. The summed E-state index contributed by atoms with van der Waals surface area (Å²) in [5.41, 5.74) is 2.36. The van der Waals surface area contributed by atoms with Gasteiger partial charge in [-0.2, -0.15) is 15.5 Å². The first-order valence-electron chi connectivity index (χ1n) is 11.3. The number of rotatable bonds is 6. The molecule has 0 amide bonds. The van der Waals surface area contributed by atoms with Crippen LogP contribution in [0.15, 0.2) is 30.5 Å². The molecule has 6 heteroatoms. The number of hydrogen-bond acceptors (Lipinski definition) is 6. The van der Waals surface area contributed by atoms with Crippen LogP contribution in [0.2, 0.25) is 0 Å². The summed E-state index contributed by atoms with van der Waals surface area (Å²) in [7, 11) is 0. The Labute approximate surface area is 183 Å². The summed E-state index contributed by atoms with van der Waals surface area (Å²) in [5.74, 6) is 4.56. The van der Waals surface area contributed by atoms with Crippen LogP contribution in [0.1, 0.15) is 55.7 Å². The molecule has 2 N–H and O–H groups in total. The Morgan fingerprint density at radius 1 is 1.03 bits per heavy atom. The van der Waals surface area contributed by atoms with E-state index in [-0.39, 0.29) is 0 Å². The lowest BCUT2D eigenvalue weighted by atomic mass is 9.46. The number of nitrogens with zero attached hydrogens (tertiary/aromatic N) is 4. The Morgan fingerprint density at radius 3 is 2.52 bits per heavy atom. The average Bonchev–Trinajstić information content (AvgIpc) is 2.79. The van der Waals surface area contributed by atoms with E-state index in [2.05, 4.69) is 39.7 Å². The van der Waals surface area contributed by atoms with Crippen LogP contribution in [-0.2, 0) is 6.54 Å². The Bertz CT molecular complexity index is 1050. The molecular weight excluding hydrogens is 384 g/mol. The molecule has 4 aliphatic carbocycles. The normalized spacial score (nSPS) is 30.4. The van der Waals surface area contributed by atoms with E-state index >= 15 is 0 Å². The van der Waals surface area contributed by atoms with Crippen LogP contribution in [-0.4, -0.2) is 16.5 Å². The van der Waals surface area contributed by atoms with E-state index in [1.165, 1.54) is 32.1 Å². The summed E-state index contributed by atoms with van der Waals surface area (Å²) in [6.45, 7) is 3.79. The molecule has 4 aliphatic rings. The molecule has 0 radical (unpaired) electrons. The predicted octanol–water partition coefficient (Wildman–Crippen LogP) is 4.71. The third-order valence-corrected chi connectivity index (χ3v) is 7.99. The van der Waals surface area contributed by atoms with Gasteiger partial charge in [-0.15, -0.1) is 0 Å². The van der Waals surface area contributed by atoms with Gasteiger partial charge in [0.1, 0.15) is 17.5 Å². The molecule has 1 heterocycles. The van der Waals surface area contributed by atoms with E-state index in [4.69, 9.17) is 0 Å². The fraction of sp³-hybridized carbons (Fsp3) is 0.520. The quantitative estimate of drug-likeness (QED) is 0.713. The third-order valence-electron chi connectivity index (χ3n) is 7.99. The van der Waals surface area contributed by atoms with Gasteiger partial charge in [0.25, 0.3) is 0 Å². The van der Waals surface area contributed by atoms with E-state index in [1.54, 1.807) is 12.3 Å². The topological polar surface area (TPSA) is 97.4 Å². The summed E-state index contributed by atoms with van der Waals surface area (Å²) >= 11 is 0. The first kappa shape index (κ1) is 19.8. The van der Waals surface area contributed by atoms with Crippen molar-refractivity contribution < 1.29 is 0 Å². The zero-order valence-corrected chi connectivity index (χ0v) is 17.9. The van der Waals surface area contributed by atoms with E-state index in [1.807, 2.05) is 18.2 Å². The summed E-state index contributed by atoms with van der Waals surface area (Å²) in [4.78, 5) is 8.91. The SMILES string of the molecule is CC1[C@@H]2CC3C[C@H]1CC(CNc1nc(NCc4ccccc4C#N)ncc1C#N)(C3)C2. The van der Waals surface area contributed by atoms with Gasteiger partial charge in [0.15, 0.2) is 0 Å². The first-order chi connectivity index (χ1) is 15.1. The summed E-state index contributed by atoms with van der Waals surface area (Å²) in [5, 5.41) is 25.6. The molecule has 31 heavy (non-hydrogen) atoms. The summed E-state index contributed by atoms with van der Waals surface area (Å²) in [6.07, 6.45) is 8.32. The minimum Gasteiger partial charge on any atom is -0.368 e. The fourth-order valence-corrected chi connectivity index (χ4v) is 6.58. The van der Waals surface area contributed by atoms with Crippen molar-refractivity contribution in [2.45, 2.75) is 45.6 Å². The molecule has 5 atom stereocenters. The molecule has 3 unspecified atom stereocenters. The maximum atomic E-state index is 9.55. The highest BCUT2D eigenvalue weighted by atomic mass is 15.1. The predicted molar refractivity (Wildman–Crippen MR) is 119 cm³/mol. The monoisotopic (exact) mass is 412 g/mol. The van der Waals surface area contributed by atoms with Gasteiger partial charge in [-0.05, 0) is 72.8 Å². The van der Waals surface area contributed by atoms with E-state index in [0.717, 1.165) is 35.8 Å². The number of benzene rings is 1. The molecule has 6 rings (SSSR count). The lowest BCUT2D eigenvalue weighted by Crippen LogP contribution is -2.52. The zero-order valence-electron chi connectivity index (χ0n) is 17.9. The molecule has 4 bridgehead atoms. The van der Waals surface area contributed by atoms with Crippen LogP contribution in [0.5, 0.6) is 0 Å². The number of aromatic nitrogens is 2. The highest BCUT2D eigenvalue weighted by molar-refractivity contribution is 5.53. The molecule has 0 aliphatic heterocycles. The van der Waals surface area contributed by atoms with E-state index in [9.17, 15) is 10.5 Å². The Balaban J connectivity index is 1.29. The molecule has 1 aromatic carbocycles. The number of nitriles is 2. The van der Waals surface area contributed by atoms with E-state index < -0.39 is 0 Å². The van der Waals surface area contributed by atoms with Crippen molar-refractivity contribution in [3.63, 3.8) is 0 Å². The van der Waals surface area contributed by atoms with Crippen molar-refractivity contribution in [2.75, 3.05) is 17.2 Å². The van der Waals surface area contributed by atoms with Crippen molar-refractivity contribution in [3.8, 4) is 12.1 Å². The molecule has 2 aromatic rings. The highest BCUT2D eigenvalue weighted by Gasteiger charge is 2.53. The average molecular weight is 413 g/mol. The fourth-order valence-electron chi connectivity index (χ4n) is 6.58. The van der Waals surface area contributed by atoms with Crippen LogP contribution in [0.25, 0.3) is 0 Å². The van der Waals surface area contributed by atoms with Crippen LogP contribution < -0.4 is 10.6 Å². The van der Waals surface area contributed by atoms with Gasteiger partial charge in [0.05, 0.1) is 17.8 Å². The van der Waals surface area contributed by atoms with Crippen molar-refractivity contribution in [2.24, 2.45) is 29.1 Å². The number of hydrogen-bond donors (Lipinski definition) is 2. The van der Waals surface area contributed by atoms with Crippen molar-refractivity contribution in [3.05, 3.63) is 47.2 Å². The van der Waals surface area contributed by atoms with Crippen LogP contribution in [0.4, 0.5) is 11.8 Å². The minimum absolute atomic E-state index is 0.347. The zero-order chi connectivity index (χ0) is 21.4.